The minimum atomic E-state index is -4.41. The smallest absolute Gasteiger partial charge is 0.326 e. The number of sulfonamides is 1. The molecule has 2 N–H and O–H groups in total. The van der Waals surface area contributed by atoms with Gasteiger partial charge in [0.2, 0.25) is 15.9 Å². The van der Waals surface area contributed by atoms with Crippen LogP contribution in [0.15, 0.2) is 24.3 Å². The van der Waals surface area contributed by atoms with Crippen LogP contribution in [0.3, 0.4) is 0 Å². The molecule has 0 aliphatic heterocycles. The van der Waals surface area contributed by atoms with E-state index in [1.54, 1.807) is 13.8 Å². The minimum Gasteiger partial charge on any atom is -0.326 e. The van der Waals surface area contributed by atoms with Crippen molar-refractivity contribution < 1.29 is 26.4 Å². The van der Waals surface area contributed by atoms with Gasteiger partial charge in [0, 0.05) is 17.6 Å². The third kappa shape index (κ3) is 5.44. The van der Waals surface area contributed by atoms with Crippen molar-refractivity contribution in [3.63, 3.8) is 0 Å². The topological polar surface area (TPSA) is 75.3 Å². The van der Waals surface area contributed by atoms with Crippen LogP contribution >= 0.6 is 0 Å². The van der Waals surface area contributed by atoms with Crippen molar-refractivity contribution in [1.82, 2.24) is 4.72 Å². The van der Waals surface area contributed by atoms with Crippen LogP contribution in [-0.4, -0.2) is 25.6 Å². The fourth-order valence-electron chi connectivity index (χ4n) is 2.83. The van der Waals surface area contributed by atoms with E-state index in [0.29, 0.717) is 31.4 Å². The molecule has 1 aliphatic rings. The van der Waals surface area contributed by atoms with Crippen molar-refractivity contribution in [3.05, 3.63) is 29.8 Å². The van der Waals surface area contributed by atoms with Crippen LogP contribution in [-0.2, 0) is 21.0 Å². The van der Waals surface area contributed by atoms with Gasteiger partial charge >= 0.3 is 6.18 Å². The molecule has 0 unspecified atom stereocenters. The van der Waals surface area contributed by atoms with Crippen LogP contribution < -0.4 is 10.0 Å². The number of hydrogen-bond acceptors (Lipinski definition) is 3. The summed E-state index contributed by atoms with van der Waals surface area (Å²) in [5, 5.41) is 2.12. The normalized spacial score (nSPS) is 21.6. The number of carbonyl (C=O) groups excluding carboxylic acids is 1. The van der Waals surface area contributed by atoms with E-state index in [-0.39, 0.29) is 17.9 Å². The molecule has 1 amide bonds. The average molecular weight is 392 g/mol. The number of benzene rings is 1. The zero-order valence-electron chi connectivity index (χ0n) is 14.6. The van der Waals surface area contributed by atoms with Crippen molar-refractivity contribution in [2.75, 3.05) is 5.32 Å². The third-order valence-corrected chi connectivity index (χ3v) is 6.43. The van der Waals surface area contributed by atoms with Gasteiger partial charge in [0.05, 0.1) is 10.8 Å². The van der Waals surface area contributed by atoms with Gasteiger partial charge in [0.15, 0.2) is 0 Å². The summed E-state index contributed by atoms with van der Waals surface area (Å²) in [5.74, 6) is -0.535. The van der Waals surface area contributed by atoms with E-state index in [2.05, 4.69) is 10.0 Å². The average Bonchev–Trinajstić information content (AvgIpc) is 2.54. The number of hydrogen-bond donors (Lipinski definition) is 2. The van der Waals surface area contributed by atoms with Crippen molar-refractivity contribution in [2.24, 2.45) is 5.92 Å². The van der Waals surface area contributed by atoms with E-state index < -0.39 is 27.0 Å². The first kappa shape index (κ1) is 20.7. The molecule has 1 saturated carbocycles. The zero-order chi connectivity index (χ0) is 19.5. The quantitative estimate of drug-likeness (QED) is 0.805. The lowest BCUT2D eigenvalue weighted by Gasteiger charge is -2.28. The Kier molecular flexibility index (Phi) is 6.33. The first-order valence-electron chi connectivity index (χ1n) is 8.48. The van der Waals surface area contributed by atoms with Gasteiger partial charge in [-0.1, -0.05) is 0 Å². The second-order valence-corrected chi connectivity index (χ2v) is 9.09. The van der Waals surface area contributed by atoms with Gasteiger partial charge in [-0.2, -0.15) is 13.2 Å². The zero-order valence-corrected chi connectivity index (χ0v) is 15.5. The Morgan fingerprint density at radius 2 is 1.62 bits per heavy atom. The van der Waals surface area contributed by atoms with E-state index in [0.717, 1.165) is 12.1 Å². The lowest BCUT2D eigenvalue weighted by Crippen LogP contribution is -2.42. The van der Waals surface area contributed by atoms with Gasteiger partial charge in [-0.3, -0.25) is 4.79 Å². The highest BCUT2D eigenvalue weighted by Gasteiger charge is 2.31. The molecule has 5 nitrogen and oxygen atoms in total. The molecular weight excluding hydrogens is 369 g/mol. The maximum atomic E-state index is 12.5. The van der Waals surface area contributed by atoms with Crippen LogP contribution in [0.1, 0.15) is 45.1 Å². The summed E-state index contributed by atoms with van der Waals surface area (Å²) in [6, 6.07) is 4.12. The summed E-state index contributed by atoms with van der Waals surface area (Å²) >= 11 is 0. The van der Waals surface area contributed by atoms with Gasteiger partial charge in [0.1, 0.15) is 0 Å². The fourth-order valence-corrected chi connectivity index (χ4v) is 3.80. The largest absolute Gasteiger partial charge is 0.416 e. The van der Waals surface area contributed by atoms with E-state index >= 15 is 0 Å². The van der Waals surface area contributed by atoms with Crippen LogP contribution in [0.4, 0.5) is 18.9 Å². The summed E-state index contributed by atoms with van der Waals surface area (Å²) in [5.41, 5.74) is -0.459. The Balaban J connectivity index is 1.87. The lowest BCUT2D eigenvalue weighted by molar-refractivity contribution is -0.137. The number of anilines is 1. The molecule has 0 saturated heterocycles. The van der Waals surface area contributed by atoms with Crippen molar-refractivity contribution in [2.45, 2.75) is 57.0 Å². The molecule has 0 radical (unpaired) electrons. The molecular formula is C17H23F3N2O3S. The molecule has 146 valence electrons. The Labute approximate surface area is 151 Å². The summed E-state index contributed by atoms with van der Waals surface area (Å²) in [7, 11) is -3.34. The molecule has 1 aromatic carbocycles. The second-order valence-electron chi connectivity index (χ2n) is 6.82. The molecule has 0 atom stereocenters. The highest BCUT2D eigenvalue weighted by atomic mass is 32.2. The number of carbonyl (C=O) groups is 1. The molecule has 9 heteroatoms. The summed E-state index contributed by atoms with van der Waals surface area (Å²) in [4.78, 5) is 12.3. The Morgan fingerprint density at radius 1 is 1.08 bits per heavy atom. The van der Waals surface area contributed by atoms with Crippen molar-refractivity contribution in [3.8, 4) is 0 Å². The van der Waals surface area contributed by atoms with Crippen LogP contribution in [0.2, 0.25) is 0 Å². The minimum absolute atomic E-state index is 0.183. The fraction of sp³-hybridized carbons (Fsp3) is 0.588. The number of alkyl halides is 3. The molecule has 1 aliphatic carbocycles. The molecule has 1 fully saturated rings. The molecule has 0 heterocycles. The number of amides is 1. The second kappa shape index (κ2) is 7.96. The Morgan fingerprint density at radius 3 is 2.08 bits per heavy atom. The Hall–Kier alpha value is -1.61. The summed E-state index contributed by atoms with van der Waals surface area (Å²) < 4.78 is 64.0. The molecule has 26 heavy (non-hydrogen) atoms. The van der Waals surface area contributed by atoms with Gasteiger partial charge in [-0.05, 0) is 63.8 Å². The van der Waals surface area contributed by atoms with E-state index in [1.165, 1.54) is 12.1 Å². The molecule has 0 aromatic heterocycles. The highest BCUT2D eigenvalue weighted by Crippen LogP contribution is 2.30. The molecule has 0 bridgehead atoms. The van der Waals surface area contributed by atoms with Crippen LogP contribution in [0.25, 0.3) is 0 Å². The van der Waals surface area contributed by atoms with E-state index in [9.17, 15) is 26.4 Å². The molecule has 2 rings (SSSR count). The summed E-state index contributed by atoms with van der Waals surface area (Å²) in [6.45, 7) is 3.21. The monoisotopic (exact) mass is 392 g/mol. The summed E-state index contributed by atoms with van der Waals surface area (Å²) in [6.07, 6.45) is -2.26. The standard InChI is InChI=1S/C17H23F3N2O3S/c1-11(2)26(24,25)22-15-7-3-12(4-8-15)16(23)21-14-9-5-13(6-10-14)17(18,19)20/h5-6,9-12,15,22H,3-4,7-8H2,1-2H3,(H,21,23)/t12-,15-. The Bertz CT molecular complexity index is 723. The predicted molar refractivity (Wildman–Crippen MR) is 93.0 cm³/mol. The first-order chi connectivity index (χ1) is 12.0. The number of halogens is 3. The maximum absolute atomic E-state index is 12.5. The van der Waals surface area contributed by atoms with Crippen molar-refractivity contribution in [1.29, 1.82) is 0 Å². The molecule has 0 spiro atoms. The highest BCUT2D eigenvalue weighted by molar-refractivity contribution is 7.90. The van der Waals surface area contributed by atoms with Crippen LogP contribution in [0, 0.1) is 5.92 Å². The molecule has 1 aromatic rings. The van der Waals surface area contributed by atoms with Crippen molar-refractivity contribution >= 4 is 21.6 Å². The van der Waals surface area contributed by atoms with E-state index in [4.69, 9.17) is 0 Å². The maximum Gasteiger partial charge on any atom is 0.416 e. The first-order valence-corrected chi connectivity index (χ1v) is 10.0. The number of rotatable bonds is 5. The van der Waals surface area contributed by atoms with E-state index in [1.807, 2.05) is 0 Å². The SMILES string of the molecule is CC(C)S(=O)(=O)N[C@H]1CC[C@H](C(=O)Nc2ccc(C(F)(F)F)cc2)CC1. The van der Waals surface area contributed by atoms with Crippen LogP contribution in [0.5, 0.6) is 0 Å². The number of nitrogens with one attached hydrogen (secondary N) is 2. The van der Waals surface area contributed by atoms with Gasteiger partial charge in [-0.15, -0.1) is 0 Å². The third-order valence-electron chi connectivity index (χ3n) is 4.53. The van der Waals surface area contributed by atoms with Gasteiger partial charge < -0.3 is 5.32 Å². The predicted octanol–water partition coefficient (Wildman–Crippen LogP) is 3.53. The lowest BCUT2D eigenvalue weighted by atomic mass is 9.86. The van der Waals surface area contributed by atoms with Gasteiger partial charge in [-0.25, -0.2) is 13.1 Å². The van der Waals surface area contributed by atoms with Gasteiger partial charge in [0.25, 0.3) is 0 Å².